The summed E-state index contributed by atoms with van der Waals surface area (Å²) in [5.41, 5.74) is 5.59. The van der Waals surface area contributed by atoms with E-state index in [1.54, 1.807) is 18.2 Å². The molecule has 1 saturated heterocycles. The van der Waals surface area contributed by atoms with Gasteiger partial charge in [-0.05, 0) is 99.1 Å². The van der Waals surface area contributed by atoms with Crippen molar-refractivity contribution < 1.29 is 19.2 Å². The average Bonchev–Trinajstić information content (AvgIpc) is 3.21. The van der Waals surface area contributed by atoms with E-state index < -0.39 is 16.7 Å². The predicted molar refractivity (Wildman–Crippen MR) is 158 cm³/mol. The fourth-order valence-electron chi connectivity index (χ4n) is 4.65. The molecule has 4 aromatic rings. The van der Waals surface area contributed by atoms with Gasteiger partial charge in [0.15, 0.2) is 5.11 Å². The first-order chi connectivity index (χ1) is 19.5. The second-order valence-corrected chi connectivity index (χ2v) is 10.0. The second-order valence-electron chi connectivity index (χ2n) is 9.62. The largest absolute Gasteiger partial charge is 0.439 e. The van der Waals surface area contributed by atoms with Gasteiger partial charge in [0.25, 0.3) is 17.5 Å². The molecule has 206 valence electrons. The van der Waals surface area contributed by atoms with Gasteiger partial charge in [0, 0.05) is 29.2 Å². The molecule has 2 amide bonds. The van der Waals surface area contributed by atoms with E-state index in [2.05, 4.69) is 10.3 Å². The summed E-state index contributed by atoms with van der Waals surface area (Å²) in [5.74, 6) is -0.298. The number of anilines is 1. The Morgan fingerprint density at radius 1 is 1.00 bits per heavy atom. The fourth-order valence-corrected chi connectivity index (χ4v) is 4.92. The van der Waals surface area contributed by atoms with E-state index >= 15 is 0 Å². The van der Waals surface area contributed by atoms with Crippen molar-refractivity contribution in [3.05, 3.63) is 111 Å². The molecule has 1 aliphatic rings. The molecule has 1 N–H and O–H groups in total. The number of pyridine rings is 1. The summed E-state index contributed by atoms with van der Waals surface area (Å²) in [4.78, 5) is 42.1. The number of nitrogens with zero attached hydrogens (tertiary/aromatic N) is 4. The first kappa shape index (κ1) is 27.4. The van der Waals surface area contributed by atoms with Crippen LogP contribution < -0.4 is 15.0 Å². The van der Waals surface area contributed by atoms with Crippen LogP contribution in [0.25, 0.3) is 11.8 Å². The van der Waals surface area contributed by atoms with E-state index in [0.717, 1.165) is 34.4 Å². The Bertz CT molecular complexity index is 1760. The zero-order valence-electron chi connectivity index (χ0n) is 22.7. The number of hydrogen-bond donors (Lipinski definition) is 1. The summed E-state index contributed by atoms with van der Waals surface area (Å²) in [6.07, 6.45) is 2.73. The Hall–Kier alpha value is -5.16. The minimum atomic E-state index is -0.548. The molecule has 2 aromatic heterocycles. The van der Waals surface area contributed by atoms with Crippen molar-refractivity contribution >= 4 is 46.6 Å². The van der Waals surface area contributed by atoms with Crippen LogP contribution in [-0.4, -0.2) is 31.4 Å². The Morgan fingerprint density at radius 2 is 1.73 bits per heavy atom. The molecule has 0 saturated carbocycles. The van der Waals surface area contributed by atoms with Gasteiger partial charge in [-0.2, -0.15) is 0 Å². The minimum absolute atomic E-state index is 0.0147. The number of aryl methyl sites for hydroxylation is 3. The molecule has 0 aliphatic carbocycles. The van der Waals surface area contributed by atoms with Gasteiger partial charge in [0.2, 0.25) is 5.88 Å². The van der Waals surface area contributed by atoms with E-state index in [1.165, 1.54) is 17.0 Å². The number of thiocarbonyl (C=S) groups is 1. The quantitative estimate of drug-likeness (QED) is 0.105. The number of carbonyl (C=O) groups is 2. The van der Waals surface area contributed by atoms with Crippen LogP contribution in [0.1, 0.15) is 28.1 Å². The normalized spacial score (nSPS) is 14.4. The molecule has 0 spiro atoms. The third-order valence-electron chi connectivity index (χ3n) is 6.73. The van der Waals surface area contributed by atoms with Crippen LogP contribution in [0.3, 0.4) is 0 Å². The lowest BCUT2D eigenvalue weighted by Gasteiger charge is -2.30. The van der Waals surface area contributed by atoms with Crippen LogP contribution in [0.2, 0.25) is 0 Å². The third-order valence-corrected chi connectivity index (χ3v) is 7.01. The summed E-state index contributed by atoms with van der Waals surface area (Å²) < 4.78 is 7.71. The minimum Gasteiger partial charge on any atom is -0.439 e. The molecule has 0 atom stereocenters. The highest BCUT2D eigenvalue weighted by Gasteiger charge is 2.35. The second kappa shape index (κ2) is 10.8. The van der Waals surface area contributed by atoms with Gasteiger partial charge in [0.05, 0.1) is 10.6 Å². The molecule has 2 aromatic carbocycles. The van der Waals surface area contributed by atoms with Crippen molar-refractivity contribution in [2.75, 3.05) is 4.90 Å². The summed E-state index contributed by atoms with van der Waals surface area (Å²) in [7, 11) is 0. The van der Waals surface area contributed by atoms with Crippen molar-refractivity contribution in [1.29, 1.82) is 0 Å². The SMILES string of the molecule is Cc1ccc(C)c(N2C(=O)/C(=C/c3cc(C)n(-c4ccc(Oc5ccc([N+](=O)[O-])cn5)cc4)c3C)C(=O)NC2=S)c1. The zero-order chi connectivity index (χ0) is 29.4. The van der Waals surface area contributed by atoms with Crippen LogP contribution in [0, 0.1) is 37.8 Å². The van der Waals surface area contributed by atoms with Gasteiger partial charge >= 0.3 is 0 Å². The molecule has 3 heterocycles. The number of nitro groups is 1. The van der Waals surface area contributed by atoms with Crippen molar-refractivity contribution in [1.82, 2.24) is 14.9 Å². The smallest absolute Gasteiger partial charge is 0.287 e. The topological polar surface area (TPSA) is 120 Å². The summed E-state index contributed by atoms with van der Waals surface area (Å²) in [6, 6.07) is 17.6. The number of hydrogen-bond acceptors (Lipinski definition) is 7. The fraction of sp³-hybridized carbons (Fsp3) is 0.133. The van der Waals surface area contributed by atoms with E-state index in [4.69, 9.17) is 17.0 Å². The number of nitrogens with one attached hydrogen (secondary N) is 1. The molecule has 11 heteroatoms. The summed E-state index contributed by atoms with van der Waals surface area (Å²) in [6.45, 7) is 7.65. The van der Waals surface area contributed by atoms with E-state index in [9.17, 15) is 19.7 Å². The van der Waals surface area contributed by atoms with Crippen LogP contribution in [0.5, 0.6) is 11.6 Å². The molecule has 0 radical (unpaired) electrons. The first-order valence-electron chi connectivity index (χ1n) is 12.6. The number of ether oxygens (including phenoxy) is 1. The highest BCUT2D eigenvalue weighted by atomic mass is 32.1. The Labute approximate surface area is 241 Å². The summed E-state index contributed by atoms with van der Waals surface area (Å²) in [5, 5.41) is 13.5. The predicted octanol–water partition coefficient (Wildman–Crippen LogP) is 5.64. The Morgan fingerprint density at radius 3 is 2.39 bits per heavy atom. The number of benzene rings is 2. The van der Waals surface area contributed by atoms with Gasteiger partial charge in [-0.1, -0.05) is 12.1 Å². The molecule has 0 unspecified atom stereocenters. The molecule has 0 bridgehead atoms. The standard InChI is InChI=1S/C30H25N5O5S/c1-17-5-6-18(2)26(13-17)34-29(37)25(28(36)32-30(34)41)15-21-14-19(3)33(20(21)4)22-7-10-24(11-8-22)40-27-12-9-23(16-31-27)35(38)39/h5-16H,1-4H3,(H,32,36,41)/b25-15+. The Balaban J connectivity index is 1.42. The lowest BCUT2D eigenvalue weighted by atomic mass is 10.0. The van der Waals surface area contributed by atoms with Crippen molar-refractivity contribution in [2.45, 2.75) is 27.7 Å². The zero-order valence-corrected chi connectivity index (χ0v) is 23.5. The van der Waals surface area contributed by atoms with Gasteiger partial charge in [-0.15, -0.1) is 0 Å². The maximum atomic E-state index is 13.6. The Kier molecular flexibility index (Phi) is 7.21. The molecule has 1 aliphatic heterocycles. The summed E-state index contributed by atoms with van der Waals surface area (Å²) >= 11 is 5.37. The lowest BCUT2D eigenvalue weighted by molar-refractivity contribution is -0.385. The van der Waals surface area contributed by atoms with E-state index in [0.29, 0.717) is 17.0 Å². The maximum Gasteiger partial charge on any atom is 0.287 e. The van der Waals surface area contributed by atoms with Crippen LogP contribution in [0.15, 0.2) is 72.4 Å². The van der Waals surface area contributed by atoms with E-state index in [1.807, 2.05) is 68.7 Å². The number of amides is 2. The van der Waals surface area contributed by atoms with Gasteiger partial charge < -0.3 is 9.30 Å². The van der Waals surface area contributed by atoms with Gasteiger partial charge in [-0.25, -0.2) is 4.98 Å². The first-order valence-corrected chi connectivity index (χ1v) is 13.0. The van der Waals surface area contributed by atoms with Crippen LogP contribution in [0.4, 0.5) is 11.4 Å². The maximum absolute atomic E-state index is 13.6. The van der Waals surface area contributed by atoms with Crippen LogP contribution in [-0.2, 0) is 9.59 Å². The molecule has 41 heavy (non-hydrogen) atoms. The van der Waals surface area contributed by atoms with Crippen LogP contribution >= 0.6 is 12.2 Å². The average molecular weight is 568 g/mol. The number of rotatable bonds is 6. The lowest BCUT2D eigenvalue weighted by Crippen LogP contribution is -2.54. The van der Waals surface area contributed by atoms with Gasteiger partial charge in [-0.3, -0.25) is 29.9 Å². The highest BCUT2D eigenvalue weighted by Crippen LogP contribution is 2.29. The van der Waals surface area contributed by atoms with Gasteiger partial charge in [0.1, 0.15) is 17.5 Å². The number of carbonyl (C=O) groups excluding carboxylic acids is 2. The monoisotopic (exact) mass is 567 g/mol. The molecular formula is C30H25N5O5S. The highest BCUT2D eigenvalue weighted by molar-refractivity contribution is 7.80. The number of aromatic nitrogens is 2. The molecular weight excluding hydrogens is 542 g/mol. The molecule has 1 fully saturated rings. The van der Waals surface area contributed by atoms with Crippen molar-refractivity contribution in [2.24, 2.45) is 0 Å². The van der Waals surface area contributed by atoms with Crippen molar-refractivity contribution in [3.8, 4) is 17.3 Å². The molecule has 10 nitrogen and oxygen atoms in total. The molecule has 5 rings (SSSR count). The van der Waals surface area contributed by atoms with Crippen molar-refractivity contribution in [3.63, 3.8) is 0 Å². The van der Waals surface area contributed by atoms with E-state index in [-0.39, 0.29) is 22.3 Å². The third kappa shape index (κ3) is 5.35.